The first kappa shape index (κ1) is 18.3. The summed E-state index contributed by atoms with van der Waals surface area (Å²) in [7, 11) is -3.28. The third kappa shape index (κ3) is 4.70. The van der Waals surface area contributed by atoms with E-state index in [0.717, 1.165) is 19.1 Å². The summed E-state index contributed by atoms with van der Waals surface area (Å²) in [6.07, 6.45) is 2.22. The van der Waals surface area contributed by atoms with E-state index in [1.54, 1.807) is 11.8 Å². The van der Waals surface area contributed by atoms with E-state index in [1.165, 1.54) is 24.3 Å². The van der Waals surface area contributed by atoms with Gasteiger partial charge in [0.2, 0.25) is 0 Å². The molecule has 2 amide bonds. The van der Waals surface area contributed by atoms with Crippen LogP contribution in [-0.4, -0.2) is 57.3 Å². The fourth-order valence-electron chi connectivity index (χ4n) is 2.65. The maximum Gasteiger partial charge on any atom is 0.407 e. The van der Waals surface area contributed by atoms with E-state index in [4.69, 9.17) is 4.74 Å². The first-order valence-corrected chi connectivity index (χ1v) is 9.73. The molecule has 0 bridgehead atoms. The number of carbonyl (C=O) groups excluding carboxylic acids is 2. The fourth-order valence-corrected chi connectivity index (χ4v) is 3.28. The number of benzene rings is 1. The number of nitrogens with zero attached hydrogens (tertiary/aromatic N) is 1. The van der Waals surface area contributed by atoms with Gasteiger partial charge in [-0.15, -0.1) is 0 Å². The van der Waals surface area contributed by atoms with Gasteiger partial charge < -0.3 is 15.0 Å². The highest BCUT2D eigenvalue weighted by Crippen LogP contribution is 2.16. The molecule has 1 saturated heterocycles. The largest absolute Gasteiger partial charge is 0.450 e. The molecular weight excluding hydrogens is 332 g/mol. The summed E-state index contributed by atoms with van der Waals surface area (Å²) in [5.41, 5.74) is 0.430. The van der Waals surface area contributed by atoms with Crippen LogP contribution in [0.1, 0.15) is 30.1 Å². The van der Waals surface area contributed by atoms with E-state index >= 15 is 0 Å². The molecule has 0 unspecified atom stereocenters. The average molecular weight is 354 g/mol. The minimum Gasteiger partial charge on any atom is -0.450 e. The number of piperidine rings is 1. The van der Waals surface area contributed by atoms with Gasteiger partial charge in [0, 0.05) is 31.0 Å². The van der Waals surface area contributed by atoms with Crippen LogP contribution in [0.3, 0.4) is 0 Å². The van der Waals surface area contributed by atoms with E-state index in [2.05, 4.69) is 5.32 Å². The number of likely N-dealkylation sites (tertiary alicyclic amines) is 1. The molecule has 132 valence electrons. The first-order valence-electron chi connectivity index (χ1n) is 7.84. The number of ether oxygens (including phenoxy) is 1. The van der Waals surface area contributed by atoms with Gasteiger partial charge in [0.15, 0.2) is 9.84 Å². The third-order valence-electron chi connectivity index (χ3n) is 3.84. The predicted octanol–water partition coefficient (Wildman–Crippen LogP) is 1.44. The summed E-state index contributed by atoms with van der Waals surface area (Å²) >= 11 is 0. The second kappa shape index (κ2) is 7.65. The van der Waals surface area contributed by atoms with Crippen molar-refractivity contribution < 1.29 is 22.7 Å². The molecule has 0 saturated carbocycles. The van der Waals surface area contributed by atoms with E-state index in [1.807, 2.05) is 0 Å². The van der Waals surface area contributed by atoms with Crippen LogP contribution in [0.5, 0.6) is 0 Å². The Hall–Kier alpha value is -2.09. The number of hydrogen-bond acceptors (Lipinski definition) is 5. The molecule has 7 nitrogen and oxygen atoms in total. The normalized spacial score (nSPS) is 18.1. The van der Waals surface area contributed by atoms with E-state index in [0.29, 0.717) is 25.3 Å². The zero-order chi connectivity index (χ0) is 17.7. The van der Waals surface area contributed by atoms with Crippen molar-refractivity contribution in [3.63, 3.8) is 0 Å². The van der Waals surface area contributed by atoms with Crippen LogP contribution in [0.25, 0.3) is 0 Å². The van der Waals surface area contributed by atoms with Crippen LogP contribution in [0.15, 0.2) is 29.2 Å². The lowest BCUT2D eigenvalue weighted by atomic mass is 10.0. The molecule has 1 aliphatic rings. The van der Waals surface area contributed by atoms with Crippen molar-refractivity contribution in [2.24, 2.45) is 0 Å². The second-order valence-electron chi connectivity index (χ2n) is 5.75. The van der Waals surface area contributed by atoms with Crippen LogP contribution >= 0.6 is 0 Å². The summed E-state index contributed by atoms with van der Waals surface area (Å²) in [5, 5.41) is 2.75. The number of amides is 2. The van der Waals surface area contributed by atoms with Crippen molar-refractivity contribution in [1.82, 2.24) is 10.2 Å². The zero-order valence-electron chi connectivity index (χ0n) is 13.8. The first-order chi connectivity index (χ1) is 11.3. The zero-order valence-corrected chi connectivity index (χ0v) is 14.6. The van der Waals surface area contributed by atoms with E-state index in [-0.39, 0.29) is 16.8 Å². The minimum atomic E-state index is -3.28. The summed E-state index contributed by atoms with van der Waals surface area (Å²) < 4.78 is 27.8. The molecule has 0 aromatic heterocycles. The lowest BCUT2D eigenvalue weighted by Gasteiger charge is -2.33. The number of alkyl carbamates (subject to hydrolysis) is 1. The van der Waals surface area contributed by atoms with Crippen molar-refractivity contribution in [1.29, 1.82) is 0 Å². The van der Waals surface area contributed by atoms with Gasteiger partial charge in [-0.1, -0.05) is 0 Å². The minimum absolute atomic E-state index is 0.142. The molecule has 1 aromatic carbocycles. The Bertz CT molecular complexity index is 700. The molecule has 0 aliphatic carbocycles. The van der Waals surface area contributed by atoms with Crippen LogP contribution in [0.2, 0.25) is 0 Å². The van der Waals surface area contributed by atoms with Gasteiger partial charge in [0.1, 0.15) is 0 Å². The molecule has 8 heteroatoms. The van der Waals surface area contributed by atoms with Crippen molar-refractivity contribution in [3.8, 4) is 0 Å². The smallest absolute Gasteiger partial charge is 0.407 e. The summed E-state index contributed by atoms with van der Waals surface area (Å²) in [6.45, 7) is 3.05. The van der Waals surface area contributed by atoms with Crippen LogP contribution in [0, 0.1) is 0 Å². The summed E-state index contributed by atoms with van der Waals surface area (Å²) in [6, 6.07) is 5.75. The average Bonchev–Trinajstić information content (AvgIpc) is 2.54. The van der Waals surface area contributed by atoms with Crippen molar-refractivity contribution >= 4 is 21.8 Å². The quantitative estimate of drug-likeness (QED) is 0.883. The molecule has 1 fully saturated rings. The molecule has 1 N–H and O–H groups in total. The van der Waals surface area contributed by atoms with Gasteiger partial charge in [0.25, 0.3) is 5.91 Å². The Morgan fingerprint density at radius 1 is 1.29 bits per heavy atom. The molecule has 0 radical (unpaired) electrons. The van der Waals surface area contributed by atoms with Crippen LogP contribution in [-0.2, 0) is 14.6 Å². The molecule has 2 rings (SSSR count). The van der Waals surface area contributed by atoms with Gasteiger partial charge >= 0.3 is 6.09 Å². The molecular formula is C16H22N2O5S. The molecule has 1 atom stereocenters. The molecule has 1 heterocycles. The summed E-state index contributed by atoms with van der Waals surface area (Å²) in [5.74, 6) is -0.176. The molecule has 1 aromatic rings. The monoisotopic (exact) mass is 354 g/mol. The van der Waals surface area contributed by atoms with Gasteiger partial charge in [-0.3, -0.25) is 4.79 Å². The van der Waals surface area contributed by atoms with Crippen LogP contribution < -0.4 is 5.32 Å². The highest BCUT2D eigenvalue weighted by molar-refractivity contribution is 7.90. The van der Waals surface area contributed by atoms with Crippen molar-refractivity contribution in [3.05, 3.63) is 29.8 Å². The lowest BCUT2D eigenvalue weighted by molar-refractivity contribution is 0.0686. The number of sulfone groups is 1. The van der Waals surface area contributed by atoms with Gasteiger partial charge in [-0.2, -0.15) is 0 Å². The van der Waals surface area contributed by atoms with Gasteiger partial charge in [0.05, 0.1) is 11.5 Å². The lowest BCUT2D eigenvalue weighted by Crippen LogP contribution is -2.49. The SMILES string of the molecule is CCOC(=O)N[C@@H]1CCCN(C(=O)c2ccc(S(C)(=O)=O)cc2)C1. The van der Waals surface area contributed by atoms with E-state index < -0.39 is 15.9 Å². The Morgan fingerprint density at radius 3 is 2.54 bits per heavy atom. The Labute approximate surface area is 141 Å². The number of carbonyl (C=O) groups is 2. The Kier molecular flexibility index (Phi) is 5.82. The highest BCUT2D eigenvalue weighted by Gasteiger charge is 2.26. The standard InChI is InChI=1S/C16H22N2O5S/c1-3-23-16(20)17-13-5-4-10-18(11-13)15(19)12-6-8-14(9-7-12)24(2,21)22/h6-9,13H,3-5,10-11H2,1-2H3,(H,17,20)/t13-/m1/s1. The molecule has 1 aliphatic heterocycles. The second-order valence-corrected chi connectivity index (χ2v) is 7.77. The van der Waals surface area contributed by atoms with Crippen molar-refractivity contribution in [2.45, 2.75) is 30.7 Å². The highest BCUT2D eigenvalue weighted by atomic mass is 32.2. The molecule has 24 heavy (non-hydrogen) atoms. The number of rotatable bonds is 4. The van der Waals surface area contributed by atoms with Gasteiger partial charge in [-0.05, 0) is 44.0 Å². The van der Waals surface area contributed by atoms with E-state index in [9.17, 15) is 18.0 Å². The third-order valence-corrected chi connectivity index (χ3v) is 4.96. The number of hydrogen-bond donors (Lipinski definition) is 1. The maximum atomic E-state index is 12.6. The van der Waals surface area contributed by atoms with Gasteiger partial charge in [-0.25, -0.2) is 13.2 Å². The topological polar surface area (TPSA) is 92.8 Å². The molecule has 0 spiro atoms. The maximum absolute atomic E-state index is 12.6. The number of nitrogens with one attached hydrogen (secondary N) is 1. The summed E-state index contributed by atoms with van der Waals surface area (Å²) in [4.78, 5) is 25.9. The van der Waals surface area contributed by atoms with Crippen LogP contribution in [0.4, 0.5) is 4.79 Å². The predicted molar refractivity (Wildman–Crippen MR) is 88.6 cm³/mol. The Morgan fingerprint density at radius 2 is 1.96 bits per heavy atom. The fraction of sp³-hybridized carbons (Fsp3) is 0.500. The van der Waals surface area contributed by atoms with Crippen molar-refractivity contribution in [2.75, 3.05) is 26.0 Å². The Balaban J connectivity index is 2.02.